The summed E-state index contributed by atoms with van der Waals surface area (Å²) >= 11 is 6.14. The molecule has 7 heteroatoms. The second kappa shape index (κ2) is 9.83. The maximum atomic E-state index is 12.1. The Bertz CT molecular complexity index is 806. The maximum Gasteiger partial charge on any atom is 0.263 e. The molecule has 27 heavy (non-hydrogen) atoms. The molecule has 0 aromatic heterocycles. The molecule has 0 spiro atoms. The van der Waals surface area contributed by atoms with E-state index in [0.717, 1.165) is 5.56 Å². The first-order valence-electron chi connectivity index (χ1n) is 8.31. The lowest BCUT2D eigenvalue weighted by Gasteiger charge is -2.16. The van der Waals surface area contributed by atoms with Crippen LogP contribution in [0, 0.1) is 6.92 Å². The Morgan fingerprint density at radius 2 is 1.89 bits per heavy atom. The van der Waals surface area contributed by atoms with Crippen molar-refractivity contribution in [2.75, 3.05) is 27.9 Å². The smallest absolute Gasteiger partial charge is 0.263 e. The van der Waals surface area contributed by atoms with Gasteiger partial charge in [-0.15, -0.1) is 0 Å². The topological polar surface area (TPSA) is 60.4 Å². The van der Waals surface area contributed by atoms with E-state index in [-0.39, 0.29) is 12.5 Å². The summed E-state index contributed by atoms with van der Waals surface area (Å²) in [7, 11) is 4.76. The second-order valence-corrected chi connectivity index (χ2v) is 6.39. The van der Waals surface area contributed by atoms with Crippen LogP contribution in [0.4, 0.5) is 0 Å². The predicted molar refractivity (Wildman–Crippen MR) is 106 cm³/mol. The number of benzene rings is 2. The van der Waals surface area contributed by atoms with E-state index >= 15 is 0 Å². The molecule has 0 unspecified atom stereocenters. The number of rotatable bonds is 8. The third-order valence-corrected chi connectivity index (χ3v) is 4.17. The minimum absolute atomic E-state index is 0.153. The molecule has 2 rings (SSSR count). The Morgan fingerprint density at radius 1 is 1.19 bits per heavy atom. The fraction of sp³-hybridized carbons (Fsp3) is 0.300. The van der Waals surface area contributed by atoms with Gasteiger partial charge in [-0.2, -0.15) is 0 Å². The van der Waals surface area contributed by atoms with Crippen LogP contribution in [0.3, 0.4) is 0 Å². The van der Waals surface area contributed by atoms with Gasteiger partial charge in [-0.25, -0.2) is 0 Å². The molecule has 2 aromatic rings. The first kappa shape index (κ1) is 20.6. The molecule has 2 aromatic carbocycles. The lowest BCUT2D eigenvalue weighted by Crippen LogP contribution is -2.29. The third kappa shape index (κ3) is 5.89. The molecule has 0 atom stereocenters. The average Bonchev–Trinajstić information content (AvgIpc) is 2.66. The fourth-order valence-electron chi connectivity index (χ4n) is 2.37. The predicted octanol–water partition coefficient (Wildman–Crippen LogP) is 3.67. The van der Waals surface area contributed by atoms with Gasteiger partial charge in [0.1, 0.15) is 0 Å². The summed E-state index contributed by atoms with van der Waals surface area (Å²) in [5.41, 5.74) is 2.90. The first-order chi connectivity index (χ1) is 12.9. The molecule has 0 aliphatic carbocycles. The molecule has 0 aliphatic rings. The number of hydrogen-bond acceptors (Lipinski definition) is 5. The van der Waals surface area contributed by atoms with Crippen LogP contribution in [-0.4, -0.2) is 44.9 Å². The second-order valence-electron chi connectivity index (χ2n) is 5.98. The van der Waals surface area contributed by atoms with Gasteiger partial charge in [-0.3, -0.25) is 4.79 Å². The Hall–Kier alpha value is -2.73. The lowest BCUT2D eigenvalue weighted by atomic mass is 10.1. The van der Waals surface area contributed by atoms with E-state index in [1.807, 2.05) is 31.2 Å². The van der Waals surface area contributed by atoms with Crippen LogP contribution in [0.15, 0.2) is 41.6 Å². The van der Waals surface area contributed by atoms with Gasteiger partial charge >= 0.3 is 0 Å². The summed E-state index contributed by atoms with van der Waals surface area (Å²) in [6.45, 7) is 2.38. The van der Waals surface area contributed by atoms with Crippen molar-refractivity contribution >= 4 is 23.7 Å². The number of methoxy groups -OCH3 is 2. The first-order valence-corrected chi connectivity index (χ1v) is 8.68. The van der Waals surface area contributed by atoms with Gasteiger partial charge in [0.15, 0.2) is 18.1 Å². The number of likely N-dealkylation sites (N-methyl/N-ethyl adjacent to an activating group) is 1. The van der Waals surface area contributed by atoms with E-state index in [0.29, 0.717) is 28.6 Å². The van der Waals surface area contributed by atoms with Crippen LogP contribution in [0.1, 0.15) is 16.7 Å². The minimum Gasteiger partial charge on any atom is -0.493 e. The van der Waals surface area contributed by atoms with E-state index in [4.69, 9.17) is 25.9 Å². The normalized spacial score (nSPS) is 10.7. The number of carbonyl (C=O) groups is 1. The van der Waals surface area contributed by atoms with E-state index in [2.05, 4.69) is 5.16 Å². The van der Waals surface area contributed by atoms with Crippen LogP contribution in [0.2, 0.25) is 5.02 Å². The molecule has 0 N–H and O–H groups in total. The standard InChI is InChI=1S/C20H23ClN2O4/c1-14-5-7-15(8-6-14)12-23(2)19(24)13-27-22-11-16-9-17(21)20(26-4)18(10-16)25-3/h5-11H,12-13H2,1-4H3/b22-11+. The monoisotopic (exact) mass is 390 g/mol. The molecule has 0 heterocycles. The van der Waals surface area contributed by atoms with Crippen molar-refractivity contribution in [2.24, 2.45) is 5.16 Å². The van der Waals surface area contributed by atoms with Crippen molar-refractivity contribution in [3.63, 3.8) is 0 Å². The Morgan fingerprint density at radius 3 is 2.52 bits per heavy atom. The quantitative estimate of drug-likeness (QED) is 0.509. The van der Waals surface area contributed by atoms with Crippen molar-refractivity contribution in [3.8, 4) is 11.5 Å². The SMILES string of the molecule is COc1cc(/C=N/OCC(=O)N(C)Cc2ccc(C)cc2)cc(Cl)c1OC. The lowest BCUT2D eigenvalue weighted by molar-refractivity contribution is -0.135. The van der Waals surface area contributed by atoms with Crippen LogP contribution in [-0.2, 0) is 16.2 Å². The van der Waals surface area contributed by atoms with E-state index < -0.39 is 0 Å². The highest BCUT2D eigenvalue weighted by Gasteiger charge is 2.11. The van der Waals surface area contributed by atoms with Gasteiger partial charge in [0.05, 0.1) is 25.5 Å². The molecule has 0 radical (unpaired) electrons. The van der Waals surface area contributed by atoms with Gasteiger partial charge < -0.3 is 19.2 Å². The molecule has 0 bridgehead atoms. The summed E-state index contributed by atoms with van der Waals surface area (Å²) < 4.78 is 10.4. The van der Waals surface area contributed by atoms with Crippen molar-refractivity contribution in [3.05, 3.63) is 58.1 Å². The number of carbonyl (C=O) groups excluding carboxylic acids is 1. The number of hydrogen-bond donors (Lipinski definition) is 0. The van der Waals surface area contributed by atoms with Gasteiger partial charge in [-0.05, 0) is 24.6 Å². The zero-order valence-electron chi connectivity index (χ0n) is 15.9. The molecule has 0 aliphatic heterocycles. The van der Waals surface area contributed by atoms with Crippen LogP contribution in [0.5, 0.6) is 11.5 Å². The fourth-order valence-corrected chi connectivity index (χ4v) is 2.67. The van der Waals surface area contributed by atoms with Gasteiger partial charge in [0, 0.05) is 19.2 Å². The summed E-state index contributed by atoms with van der Waals surface area (Å²) in [4.78, 5) is 18.8. The van der Waals surface area contributed by atoms with Crippen molar-refractivity contribution in [1.82, 2.24) is 4.90 Å². The van der Waals surface area contributed by atoms with Gasteiger partial charge in [-0.1, -0.05) is 46.6 Å². The number of aryl methyl sites for hydroxylation is 1. The largest absolute Gasteiger partial charge is 0.493 e. The molecule has 144 valence electrons. The van der Waals surface area contributed by atoms with E-state index in [1.54, 1.807) is 24.1 Å². The number of ether oxygens (including phenoxy) is 2. The zero-order valence-corrected chi connectivity index (χ0v) is 16.6. The molecular weight excluding hydrogens is 368 g/mol. The highest BCUT2D eigenvalue weighted by Crippen LogP contribution is 2.35. The zero-order chi connectivity index (χ0) is 19.8. The summed E-state index contributed by atoms with van der Waals surface area (Å²) in [5.74, 6) is 0.767. The molecule has 0 saturated carbocycles. The van der Waals surface area contributed by atoms with Crippen LogP contribution < -0.4 is 9.47 Å². The minimum atomic E-state index is -0.168. The maximum absolute atomic E-state index is 12.1. The molecule has 6 nitrogen and oxygen atoms in total. The Balaban J connectivity index is 1.88. The number of oxime groups is 1. The molecule has 0 saturated heterocycles. The summed E-state index contributed by atoms with van der Waals surface area (Å²) in [6.07, 6.45) is 1.46. The van der Waals surface area contributed by atoms with Crippen LogP contribution >= 0.6 is 11.6 Å². The molecular formula is C20H23ClN2O4. The number of nitrogens with zero attached hydrogens (tertiary/aromatic N) is 2. The summed E-state index contributed by atoms with van der Waals surface area (Å²) in [6, 6.07) is 11.4. The van der Waals surface area contributed by atoms with Crippen molar-refractivity contribution in [2.45, 2.75) is 13.5 Å². The number of halogens is 1. The van der Waals surface area contributed by atoms with E-state index in [1.165, 1.54) is 26.0 Å². The third-order valence-electron chi connectivity index (χ3n) is 3.89. The van der Waals surface area contributed by atoms with Crippen molar-refractivity contribution < 1.29 is 19.1 Å². The van der Waals surface area contributed by atoms with Gasteiger partial charge in [0.2, 0.25) is 0 Å². The van der Waals surface area contributed by atoms with Gasteiger partial charge in [0.25, 0.3) is 5.91 Å². The van der Waals surface area contributed by atoms with Crippen LogP contribution in [0.25, 0.3) is 0 Å². The Kier molecular flexibility index (Phi) is 7.49. The highest BCUT2D eigenvalue weighted by molar-refractivity contribution is 6.32. The van der Waals surface area contributed by atoms with E-state index in [9.17, 15) is 4.79 Å². The number of amides is 1. The van der Waals surface area contributed by atoms with Crippen molar-refractivity contribution in [1.29, 1.82) is 0 Å². The Labute approximate surface area is 164 Å². The molecule has 0 fully saturated rings. The highest BCUT2D eigenvalue weighted by atomic mass is 35.5. The summed E-state index contributed by atoms with van der Waals surface area (Å²) in [5, 5.41) is 4.22. The molecule has 1 amide bonds. The average molecular weight is 391 g/mol.